The maximum atomic E-state index is 13.7. The van der Waals surface area contributed by atoms with E-state index in [1.165, 1.54) is 77.3 Å². The predicted octanol–water partition coefficient (Wildman–Crippen LogP) is 8.71. The Morgan fingerprint density at radius 1 is 0.480 bits per heavy atom. The Morgan fingerprint density at radius 2 is 0.820 bits per heavy atom. The van der Waals surface area contributed by atoms with E-state index in [0.29, 0.717) is 24.2 Å². The van der Waals surface area contributed by atoms with Crippen LogP contribution >= 0.6 is 0 Å². The van der Waals surface area contributed by atoms with E-state index < -0.39 is 0 Å². The molecule has 0 aromatic heterocycles. The first-order valence-corrected chi connectivity index (χ1v) is 20.9. The van der Waals surface area contributed by atoms with Crippen molar-refractivity contribution in [1.82, 2.24) is 20.4 Å². The fourth-order valence-electron chi connectivity index (χ4n) is 12.2. The molecule has 3 saturated carbocycles. The number of fused-ring (bicyclic) bond motifs is 10. The summed E-state index contributed by atoms with van der Waals surface area (Å²) in [5, 5.41) is 6.91. The molecule has 5 fully saturated rings. The van der Waals surface area contributed by atoms with Crippen LogP contribution < -0.4 is 10.6 Å². The third-order valence-electron chi connectivity index (χ3n) is 14.9. The van der Waals surface area contributed by atoms with Crippen LogP contribution in [0.4, 0.5) is 0 Å². The van der Waals surface area contributed by atoms with Crippen molar-refractivity contribution in [3.8, 4) is 0 Å². The Labute approximate surface area is 300 Å². The first-order valence-electron chi connectivity index (χ1n) is 20.9. The molecule has 3 aliphatic carbocycles. The minimum absolute atomic E-state index is 0.154. The van der Waals surface area contributed by atoms with Crippen LogP contribution in [-0.4, -0.2) is 46.8 Å². The lowest BCUT2D eigenvalue weighted by Gasteiger charge is -2.35. The van der Waals surface area contributed by atoms with E-state index in [0.717, 1.165) is 63.2 Å². The molecule has 6 nitrogen and oxygen atoms in total. The van der Waals surface area contributed by atoms with Crippen LogP contribution in [-0.2, 0) is 9.59 Å². The van der Waals surface area contributed by atoms with Gasteiger partial charge in [-0.1, -0.05) is 61.4 Å². The normalized spacial score (nSPS) is 36.2. The van der Waals surface area contributed by atoms with Gasteiger partial charge in [-0.25, -0.2) is 0 Å². The van der Waals surface area contributed by atoms with Gasteiger partial charge in [0.05, 0.1) is 0 Å². The number of carbonyl (C=O) groups excluding carboxylic acids is 2. The number of hydrogen-bond acceptors (Lipinski definition) is 4. The second-order valence-corrected chi connectivity index (χ2v) is 17.5. The summed E-state index contributed by atoms with van der Waals surface area (Å²) in [6, 6.07) is 21.3. The smallest absolute Gasteiger partial charge is 0.224 e. The van der Waals surface area contributed by atoms with Gasteiger partial charge in [-0.3, -0.25) is 19.4 Å². The number of amides is 2. The summed E-state index contributed by atoms with van der Waals surface area (Å²) in [5.74, 6) is 1.52. The number of nitrogens with zero attached hydrogens (tertiary/aromatic N) is 2. The Balaban J connectivity index is 0.698. The maximum absolute atomic E-state index is 13.7. The number of hydrogen-bond donors (Lipinski definition) is 2. The molecule has 4 heterocycles. The zero-order chi connectivity index (χ0) is 33.6. The molecule has 2 aromatic carbocycles. The van der Waals surface area contributed by atoms with Crippen molar-refractivity contribution >= 4 is 11.8 Å². The van der Waals surface area contributed by atoms with Crippen molar-refractivity contribution in [3.63, 3.8) is 0 Å². The van der Waals surface area contributed by atoms with E-state index in [4.69, 9.17) is 0 Å². The lowest BCUT2D eigenvalue weighted by molar-refractivity contribution is -0.137. The summed E-state index contributed by atoms with van der Waals surface area (Å²) >= 11 is 0. The van der Waals surface area contributed by atoms with Gasteiger partial charge in [-0.2, -0.15) is 0 Å². The van der Waals surface area contributed by atoms with E-state index in [-0.39, 0.29) is 35.7 Å². The van der Waals surface area contributed by atoms with Gasteiger partial charge in [0.2, 0.25) is 11.8 Å². The second-order valence-electron chi connectivity index (χ2n) is 17.5. The minimum atomic E-state index is -0.162. The van der Waals surface area contributed by atoms with Crippen LogP contribution in [0, 0.1) is 23.7 Å². The molecule has 4 aliphatic heterocycles. The molecule has 0 spiro atoms. The molecule has 2 saturated heterocycles. The molecule has 6 heteroatoms. The first kappa shape index (κ1) is 33.2. The third kappa shape index (κ3) is 6.35. The van der Waals surface area contributed by atoms with Crippen LogP contribution in [0.25, 0.3) is 0 Å². The highest BCUT2D eigenvalue weighted by Gasteiger charge is 2.45. The van der Waals surface area contributed by atoms with Gasteiger partial charge in [0.15, 0.2) is 0 Å². The van der Waals surface area contributed by atoms with E-state index in [9.17, 15) is 9.59 Å². The first-order chi connectivity index (χ1) is 24.6. The van der Waals surface area contributed by atoms with E-state index in [1.807, 2.05) is 0 Å². The van der Waals surface area contributed by atoms with Crippen molar-refractivity contribution in [2.75, 3.05) is 13.1 Å². The highest BCUT2D eigenvalue weighted by Crippen LogP contribution is 2.54. The van der Waals surface area contributed by atoms with Crippen LogP contribution in [0.5, 0.6) is 0 Å². The van der Waals surface area contributed by atoms with Gasteiger partial charge in [0.1, 0.15) is 0 Å². The largest absolute Gasteiger partial charge is 0.353 e. The zero-order valence-corrected chi connectivity index (χ0v) is 30.2. The monoisotopic (exact) mass is 676 g/mol. The van der Waals surface area contributed by atoms with Crippen LogP contribution in [0.1, 0.15) is 162 Å². The van der Waals surface area contributed by atoms with Gasteiger partial charge in [0, 0.05) is 48.1 Å². The molecule has 0 radical (unpaired) electrons. The molecule has 4 bridgehead atoms. The Morgan fingerprint density at radius 3 is 1.16 bits per heavy atom. The summed E-state index contributed by atoms with van der Waals surface area (Å²) in [7, 11) is 0. The van der Waals surface area contributed by atoms with Crippen molar-refractivity contribution in [2.24, 2.45) is 23.7 Å². The highest BCUT2D eigenvalue weighted by atomic mass is 16.2. The minimum Gasteiger partial charge on any atom is -0.353 e. The summed E-state index contributed by atoms with van der Waals surface area (Å²) in [5.41, 5.74) is 6.33. The summed E-state index contributed by atoms with van der Waals surface area (Å²) in [6.45, 7) is 2.42. The van der Waals surface area contributed by atoms with Crippen molar-refractivity contribution in [3.05, 3.63) is 70.8 Å². The van der Waals surface area contributed by atoms with Crippen LogP contribution in [0.2, 0.25) is 0 Å². The van der Waals surface area contributed by atoms with Crippen molar-refractivity contribution < 1.29 is 9.59 Å². The molecule has 6 unspecified atom stereocenters. The van der Waals surface area contributed by atoms with Crippen molar-refractivity contribution in [1.29, 1.82) is 0 Å². The van der Waals surface area contributed by atoms with Gasteiger partial charge in [0.25, 0.3) is 0 Å². The summed E-state index contributed by atoms with van der Waals surface area (Å²) < 4.78 is 0. The fourth-order valence-corrected chi connectivity index (χ4v) is 12.2. The van der Waals surface area contributed by atoms with Gasteiger partial charge >= 0.3 is 0 Å². The molecule has 2 N–H and O–H groups in total. The second kappa shape index (κ2) is 14.4. The van der Waals surface area contributed by atoms with Gasteiger partial charge in [-0.05, 0) is 150 Å². The Hall–Kier alpha value is -2.70. The average molecular weight is 677 g/mol. The van der Waals surface area contributed by atoms with E-state index in [1.54, 1.807) is 22.3 Å². The van der Waals surface area contributed by atoms with Gasteiger partial charge < -0.3 is 10.6 Å². The highest BCUT2D eigenvalue weighted by molar-refractivity contribution is 5.88. The summed E-state index contributed by atoms with van der Waals surface area (Å²) in [4.78, 5) is 32.9. The maximum Gasteiger partial charge on any atom is 0.224 e. The van der Waals surface area contributed by atoms with E-state index in [2.05, 4.69) is 69.0 Å². The van der Waals surface area contributed by atoms with E-state index >= 15 is 0 Å². The molecular formula is C44H60N4O2. The molecular weight excluding hydrogens is 617 g/mol. The lowest BCUT2D eigenvalue weighted by atomic mass is 9.77. The van der Waals surface area contributed by atoms with Crippen LogP contribution in [0.3, 0.4) is 0 Å². The topological polar surface area (TPSA) is 64.7 Å². The Kier molecular flexibility index (Phi) is 9.53. The molecule has 2 amide bonds. The molecule has 6 atom stereocenters. The van der Waals surface area contributed by atoms with Crippen molar-refractivity contribution in [2.45, 2.75) is 152 Å². The fraction of sp³-hybridized carbons (Fsp3) is 0.682. The molecule has 9 rings (SSSR count). The summed E-state index contributed by atoms with van der Waals surface area (Å²) in [6.07, 6.45) is 20.9. The Bertz CT molecular complexity index is 1350. The standard InChI is InChI=1S/C44H60N4O2/c49-43(45-31-17-13-29(14-18-31)25-27-47-39-21-22-40(47)34-8-2-1-7-33(34)39)37-11-5-6-12-38(37)44(50)46-32-19-15-30(16-20-32)26-28-48-41-23-24-42(48)36-10-4-3-9-35(36)41/h1-4,7-10,29-32,37-42H,5-6,11-28H2,(H,45,49)(H,46,50). The number of rotatable bonds is 10. The predicted molar refractivity (Wildman–Crippen MR) is 198 cm³/mol. The zero-order valence-electron chi connectivity index (χ0n) is 30.2. The number of benzene rings is 2. The van der Waals surface area contributed by atoms with Crippen LogP contribution in [0.15, 0.2) is 48.5 Å². The SMILES string of the molecule is O=C(NC1CCC(CCN2C3CCC2c2ccccc23)CC1)C1CCCCC1C(=O)NC1CCC(CCN2C3CCC2c2ccccc23)CC1. The average Bonchev–Trinajstić information content (AvgIpc) is 3.92. The lowest BCUT2D eigenvalue weighted by Crippen LogP contribution is -2.49. The number of nitrogens with one attached hydrogen (secondary N) is 2. The third-order valence-corrected chi connectivity index (χ3v) is 14.9. The molecule has 2 aromatic rings. The molecule has 268 valence electrons. The molecule has 7 aliphatic rings. The quantitative estimate of drug-likeness (QED) is 0.264. The number of carbonyl (C=O) groups is 2. The molecule has 50 heavy (non-hydrogen) atoms. The van der Waals surface area contributed by atoms with Gasteiger partial charge in [-0.15, -0.1) is 0 Å².